The summed E-state index contributed by atoms with van der Waals surface area (Å²) in [5.74, 6) is 1.62. The van der Waals surface area contributed by atoms with Gasteiger partial charge in [-0.15, -0.1) is 0 Å². The van der Waals surface area contributed by atoms with Crippen LogP contribution in [-0.2, 0) is 9.53 Å². The molecule has 0 bridgehead atoms. The van der Waals surface area contributed by atoms with E-state index in [1.54, 1.807) is 0 Å². The van der Waals surface area contributed by atoms with E-state index in [-0.39, 0.29) is 24.7 Å². The zero-order valence-electron chi connectivity index (χ0n) is 13.7. The van der Waals surface area contributed by atoms with Crippen molar-refractivity contribution in [3.05, 3.63) is 46.4 Å². The van der Waals surface area contributed by atoms with Gasteiger partial charge < -0.3 is 19.7 Å². The van der Waals surface area contributed by atoms with E-state index in [1.807, 2.05) is 31.2 Å². The molecule has 130 valence electrons. The molecule has 0 saturated carbocycles. The molecule has 4 rings (SSSR count). The molecule has 1 aromatic heterocycles. The van der Waals surface area contributed by atoms with Gasteiger partial charge in [0.25, 0.3) is 5.91 Å². The van der Waals surface area contributed by atoms with Crippen LogP contribution in [-0.4, -0.2) is 36.8 Å². The van der Waals surface area contributed by atoms with Gasteiger partial charge in [0.2, 0.25) is 0 Å². The molecular formula is C18H18BrN3O3. The maximum absolute atomic E-state index is 11.6. The van der Waals surface area contributed by atoms with Gasteiger partial charge in [-0.3, -0.25) is 4.79 Å². The lowest BCUT2D eigenvalue weighted by molar-refractivity contribution is -0.118. The SMILES string of the molecule is C[C@@H]1CN(c2nc3c(cc2Br)OCC(=O)N3)[C@H](c2ccccc2)CO1. The molecule has 1 saturated heterocycles. The third-order valence-electron chi connectivity index (χ3n) is 4.36. The van der Waals surface area contributed by atoms with Gasteiger partial charge in [0, 0.05) is 12.6 Å². The van der Waals surface area contributed by atoms with Crippen molar-refractivity contribution < 1.29 is 14.3 Å². The monoisotopic (exact) mass is 403 g/mol. The first-order valence-electron chi connectivity index (χ1n) is 8.18. The van der Waals surface area contributed by atoms with E-state index in [1.165, 1.54) is 5.56 Å². The maximum Gasteiger partial charge on any atom is 0.263 e. The summed E-state index contributed by atoms with van der Waals surface area (Å²) in [4.78, 5) is 18.5. The molecule has 7 heteroatoms. The summed E-state index contributed by atoms with van der Waals surface area (Å²) in [5, 5.41) is 2.78. The number of carbonyl (C=O) groups is 1. The van der Waals surface area contributed by atoms with Crippen LogP contribution >= 0.6 is 15.9 Å². The Balaban J connectivity index is 1.75. The van der Waals surface area contributed by atoms with Gasteiger partial charge in [-0.05, 0) is 28.4 Å². The number of rotatable bonds is 2. The number of hydrogen-bond donors (Lipinski definition) is 1. The molecule has 1 amide bonds. The maximum atomic E-state index is 11.6. The van der Waals surface area contributed by atoms with Crippen molar-refractivity contribution in [3.8, 4) is 5.75 Å². The second-order valence-electron chi connectivity index (χ2n) is 6.20. The zero-order chi connectivity index (χ0) is 17.4. The van der Waals surface area contributed by atoms with Crippen molar-refractivity contribution in [2.24, 2.45) is 0 Å². The lowest BCUT2D eigenvalue weighted by Crippen LogP contribution is -2.44. The van der Waals surface area contributed by atoms with Gasteiger partial charge in [-0.1, -0.05) is 30.3 Å². The van der Waals surface area contributed by atoms with Crippen LogP contribution in [0.2, 0.25) is 0 Å². The molecule has 1 fully saturated rings. The standard InChI is InChI=1S/C18H18BrN3O3/c1-11-8-22(14(9-24-11)12-5-3-2-4-6-12)18-13(19)7-15-17(21-18)20-16(23)10-25-15/h2-7,11,14H,8-10H2,1H3,(H,20,21,23)/t11-,14+/m1/s1. The summed E-state index contributed by atoms with van der Waals surface area (Å²) in [7, 11) is 0. The van der Waals surface area contributed by atoms with Gasteiger partial charge in [0.1, 0.15) is 5.82 Å². The molecule has 2 aromatic rings. The minimum Gasteiger partial charge on any atom is -0.480 e. The van der Waals surface area contributed by atoms with E-state index in [2.05, 4.69) is 43.3 Å². The highest BCUT2D eigenvalue weighted by Gasteiger charge is 2.31. The molecule has 2 aliphatic heterocycles. The molecule has 6 nitrogen and oxygen atoms in total. The second kappa shape index (κ2) is 6.65. The molecule has 1 aromatic carbocycles. The molecule has 1 N–H and O–H groups in total. The minimum absolute atomic E-state index is 0.0156. The Morgan fingerprint density at radius 2 is 2.12 bits per heavy atom. The number of morpholine rings is 1. The number of pyridine rings is 1. The lowest BCUT2D eigenvalue weighted by Gasteiger charge is -2.40. The fourth-order valence-electron chi connectivity index (χ4n) is 3.16. The fraction of sp³-hybridized carbons (Fsp3) is 0.333. The Morgan fingerprint density at radius 1 is 1.32 bits per heavy atom. The van der Waals surface area contributed by atoms with Crippen LogP contribution in [0.15, 0.2) is 40.9 Å². The van der Waals surface area contributed by atoms with Crippen molar-refractivity contribution in [2.45, 2.75) is 19.1 Å². The number of anilines is 2. The smallest absolute Gasteiger partial charge is 0.263 e. The van der Waals surface area contributed by atoms with Crippen molar-refractivity contribution in [2.75, 3.05) is 30.0 Å². The lowest BCUT2D eigenvalue weighted by atomic mass is 10.0. The third kappa shape index (κ3) is 3.21. The summed E-state index contributed by atoms with van der Waals surface area (Å²) in [6.07, 6.45) is 0.0931. The predicted octanol–water partition coefficient (Wildman–Crippen LogP) is 3.14. The Morgan fingerprint density at radius 3 is 2.92 bits per heavy atom. The summed E-state index contributed by atoms with van der Waals surface area (Å²) in [6, 6.07) is 12.1. The third-order valence-corrected chi connectivity index (χ3v) is 4.95. The number of benzene rings is 1. The van der Waals surface area contributed by atoms with Crippen LogP contribution in [0.5, 0.6) is 5.75 Å². The minimum atomic E-state index is -0.191. The number of amides is 1. The number of hydrogen-bond acceptors (Lipinski definition) is 5. The predicted molar refractivity (Wildman–Crippen MR) is 98.0 cm³/mol. The number of halogens is 1. The van der Waals surface area contributed by atoms with Crippen LogP contribution in [0, 0.1) is 0 Å². The van der Waals surface area contributed by atoms with E-state index in [0.29, 0.717) is 24.7 Å². The molecule has 0 spiro atoms. The van der Waals surface area contributed by atoms with Crippen LogP contribution in [0.1, 0.15) is 18.5 Å². The van der Waals surface area contributed by atoms with E-state index in [9.17, 15) is 4.79 Å². The Kier molecular flexibility index (Phi) is 4.35. The van der Waals surface area contributed by atoms with Crippen LogP contribution in [0.4, 0.5) is 11.6 Å². The Labute approximate surface area is 154 Å². The van der Waals surface area contributed by atoms with Gasteiger partial charge in [0.05, 0.1) is 23.2 Å². The van der Waals surface area contributed by atoms with Crippen molar-refractivity contribution in [1.29, 1.82) is 0 Å². The highest BCUT2D eigenvalue weighted by molar-refractivity contribution is 9.10. The molecule has 2 aliphatic rings. The number of carbonyl (C=O) groups excluding carboxylic acids is 1. The molecule has 2 atom stereocenters. The van der Waals surface area contributed by atoms with Crippen molar-refractivity contribution >= 4 is 33.5 Å². The molecule has 0 radical (unpaired) electrons. The molecule has 0 unspecified atom stereocenters. The Bertz CT molecular complexity index is 800. The number of fused-ring (bicyclic) bond motifs is 1. The summed E-state index contributed by atoms with van der Waals surface area (Å²) in [5.41, 5.74) is 1.17. The topological polar surface area (TPSA) is 63.7 Å². The van der Waals surface area contributed by atoms with Gasteiger partial charge >= 0.3 is 0 Å². The number of ether oxygens (including phenoxy) is 2. The Hall–Kier alpha value is -2.12. The van der Waals surface area contributed by atoms with Crippen molar-refractivity contribution in [1.82, 2.24) is 4.98 Å². The molecule has 3 heterocycles. The van der Waals surface area contributed by atoms with Gasteiger partial charge in [0.15, 0.2) is 18.2 Å². The number of aromatic nitrogens is 1. The summed E-state index contributed by atoms with van der Waals surface area (Å²) in [6.45, 7) is 3.35. The normalized spacial score (nSPS) is 22.8. The first kappa shape index (κ1) is 16.4. The summed E-state index contributed by atoms with van der Waals surface area (Å²) < 4.78 is 12.2. The second-order valence-corrected chi connectivity index (χ2v) is 7.05. The van der Waals surface area contributed by atoms with E-state index in [4.69, 9.17) is 9.47 Å². The fourth-order valence-corrected chi connectivity index (χ4v) is 3.69. The van der Waals surface area contributed by atoms with E-state index in [0.717, 1.165) is 10.3 Å². The largest absolute Gasteiger partial charge is 0.480 e. The zero-order valence-corrected chi connectivity index (χ0v) is 15.3. The van der Waals surface area contributed by atoms with Crippen molar-refractivity contribution in [3.63, 3.8) is 0 Å². The molecule has 25 heavy (non-hydrogen) atoms. The van der Waals surface area contributed by atoms with Gasteiger partial charge in [-0.25, -0.2) is 4.98 Å². The van der Waals surface area contributed by atoms with E-state index >= 15 is 0 Å². The highest BCUT2D eigenvalue weighted by Crippen LogP contribution is 2.39. The highest BCUT2D eigenvalue weighted by atomic mass is 79.9. The van der Waals surface area contributed by atoms with Crippen LogP contribution < -0.4 is 15.0 Å². The summed E-state index contributed by atoms with van der Waals surface area (Å²) >= 11 is 3.61. The van der Waals surface area contributed by atoms with Crippen LogP contribution in [0.3, 0.4) is 0 Å². The average Bonchev–Trinajstić information content (AvgIpc) is 2.62. The average molecular weight is 404 g/mol. The first-order chi connectivity index (χ1) is 12.1. The first-order valence-corrected chi connectivity index (χ1v) is 8.97. The van der Waals surface area contributed by atoms with E-state index < -0.39 is 0 Å². The number of nitrogens with zero attached hydrogens (tertiary/aromatic N) is 2. The quantitative estimate of drug-likeness (QED) is 0.834. The van der Waals surface area contributed by atoms with Crippen LogP contribution in [0.25, 0.3) is 0 Å². The molecule has 0 aliphatic carbocycles. The molecular weight excluding hydrogens is 386 g/mol. The van der Waals surface area contributed by atoms with Gasteiger partial charge in [-0.2, -0.15) is 0 Å². The number of nitrogens with one attached hydrogen (secondary N) is 1.